The van der Waals surface area contributed by atoms with E-state index in [4.69, 9.17) is 4.55 Å². The molecule has 152 valence electrons. The van der Waals surface area contributed by atoms with E-state index in [9.17, 15) is 48.7 Å². The molecule has 0 radical (unpaired) electrons. The van der Waals surface area contributed by atoms with Crippen LogP contribution < -0.4 is 5.73 Å². The normalized spacial score (nSPS) is 15.8. The second kappa shape index (κ2) is 7.36. The van der Waals surface area contributed by atoms with Crippen molar-refractivity contribution >= 4 is 22.0 Å². The summed E-state index contributed by atoms with van der Waals surface area (Å²) in [6.07, 6.45) is -8.26. The quantitative estimate of drug-likeness (QED) is 0.186. The largest absolute Gasteiger partial charge is 0.466 e. The Morgan fingerprint density at radius 3 is 1.88 bits per heavy atom. The average Bonchev–Trinajstić information content (AvgIpc) is 2.42. The van der Waals surface area contributed by atoms with Gasteiger partial charge in [0.2, 0.25) is 0 Å². The number of primary amides is 1. The maximum absolute atomic E-state index is 13.2. The van der Waals surface area contributed by atoms with Crippen LogP contribution >= 0.6 is 0 Å². The van der Waals surface area contributed by atoms with Crippen LogP contribution in [0.15, 0.2) is 12.7 Å². The maximum Gasteiger partial charge on any atom is 0.466 e. The van der Waals surface area contributed by atoms with Gasteiger partial charge in [-0.15, -0.1) is 0 Å². The molecule has 0 aliphatic rings. The van der Waals surface area contributed by atoms with Gasteiger partial charge in [-0.05, 0) is 0 Å². The molecule has 0 heterocycles. The van der Waals surface area contributed by atoms with Crippen LogP contribution in [0.3, 0.4) is 0 Å². The summed E-state index contributed by atoms with van der Waals surface area (Å²) in [7, 11) is -6.64. The van der Waals surface area contributed by atoms with Crippen molar-refractivity contribution in [1.29, 1.82) is 0 Å². The fourth-order valence-corrected chi connectivity index (χ4v) is 1.75. The second-order valence-corrected chi connectivity index (χ2v) is 5.86. The molecule has 0 bridgehead atoms. The van der Waals surface area contributed by atoms with Gasteiger partial charge in [0, 0.05) is 12.5 Å². The number of nitrogens with two attached hydrogens (primary N) is 1. The zero-order chi connectivity index (χ0) is 21.2. The molecule has 3 N–H and O–H groups in total. The number of amides is 1. The molecular formula is C10H10F7NO7S. The molecule has 0 spiro atoms. The molecule has 1 amide bonds. The highest BCUT2D eigenvalue weighted by atomic mass is 32.2. The van der Waals surface area contributed by atoms with Crippen molar-refractivity contribution in [2.45, 2.75) is 29.6 Å². The van der Waals surface area contributed by atoms with Gasteiger partial charge in [0.05, 0.1) is 6.61 Å². The lowest BCUT2D eigenvalue weighted by Gasteiger charge is -2.32. The molecular weight excluding hydrogens is 411 g/mol. The predicted molar refractivity (Wildman–Crippen MR) is 66.3 cm³/mol. The molecule has 8 nitrogen and oxygen atoms in total. The standard InChI is InChI=1S/C10H10F7NO7S/c1-2-5(19)25-8(6(18)20,9(13,14)15)24-4-3-7(11,12)10(16,17)26(21,22)23/h2H,1,3-4H2,(H2,18,20)(H,21,22,23). The molecule has 0 fully saturated rings. The Labute approximate surface area is 140 Å². The first kappa shape index (κ1) is 24.1. The lowest BCUT2D eigenvalue weighted by Crippen LogP contribution is -2.60. The molecule has 1 unspecified atom stereocenters. The zero-order valence-corrected chi connectivity index (χ0v) is 13.0. The van der Waals surface area contributed by atoms with Gasteiger partial charge in [0.1, 0.15) is 0 Å². The lowest BCUT2D eigenvalue weighted by atomic mass is 10.2. The predicted octanol–water partition coefficient (Wildman–Crippen LogP) is 0.982. The van der Waals surface area contributed by atoms with E-state index in [0.717, 1.165) is 0 Å². The van der Waals surface area contributed by atoms with Crippen LogP contribution in [0.2, 0.25) is 0 Å². The molecule has 1 atom stereocenters. The van der Waals surface area contributed by atoms with Crippen molar-refractivity contribution in [3.05, 3.63) is 12.7 Å². The first-order valence-corrected chi connectivity index (χ1v) is 7.38. The minimum absolute atomic E-state index is 0.119. The Kier molecular flexibility index (Phi) is 6.81. The molecule has 0 aromatic rings. The van der Waals surface area contributed by atoms with Gasteiger partial charge in [-0.1, -0.05) is 6.58 Å². The van der Waals surface area contributed by atoms with E-state index in [1.165, 1.54) is 0 Å². The third-order valence-corrected chi connectivity index (χ3v) is 3.53. The smallest absolute Gasteiger partial charge is 0.412 e. The Hall–Kier alpha value is -1.94. The number of esters is 1. The third kappa shape index (κ3) is 4.61. The zero-order valence-electron chi connectivity index (χ0n) is 12.2. The van der Waals surface area contributed by atoms with Crippen LogP contribution in [0.1, 0.15) is 6.42 Å². The van der Waals surface area contributed by atoms with E-state index >= 15 is 0 Å². The number of carbonyl (C=O) groups is 2. The summed E-state index contributed by atoms with van der Waals surface area (Å²) >= 11 is 0. The molecule has 0 aromatic carbocycles. The van der Waals surface area contributed by atoms with E-state index in [2.05, 4.69) is 21.8 Å². The molecule has 0 rings (SSSR count). The Bertz CT molecular complexity index is 676. The van der Waals surface area contributed by atoms with Crippen molar-refractivity contribution in [3.63, 3.8) is 0 Å². The van der Waals surface area contributed by atoms with Crippen LogP contribution in [0, 0.1) is 0 Å². The monoisotopic (exact) mass is 421 g/mol. The van der Waals surface area contributed by atoms with Crippen LogP contribution in [0.4, 0.5) is 30.7 Å². The van der Waals surface area contributed by atoms with Crippen molar-refractivity contribution in [2.24, 2.45) is 5.73 Å². The summed E-state index contributed by atoms with van der Waals surface area (Å²) in [4.78, 5) is 21.9. The summed E-state index contributed by atoms with van der Waals surface area (Å²) in [6.45, 7) is 0.610. The van der Waals surface area contributed by atoms with E-state index in [1.54, 1.807) is 0 Å². The molecule has 26 heavy (non-hydrogen) atoms. The lowest BCUT2D eigenvalue weighted by molar-refractivity contribution is -0.348. The van der Waals surface area contributed by atoms with Crippen molar-refractivity contribution in [2.75, 3.05) is 6.61 Å². The number of carbonyl (C=O) groups excluding carboxylic acids is 2. The first-order valence-electron chi connectivity index (χ1n) is 5.94. The molecule has 0 aromatic heterocycles. The Morgan fingerprint density at radius 1 is 1.12 bits per heavy atom. The van der Waals surface area contributed by atoms with Gasteiger partial charge < -0.3 is 15.2 Å². The van der Waals surface area contributed by atoms with Gasteiger partial charge >= 0.3 is 45.1 Å². The van der Waals surface area contributed by atoms with Crippen molar-refractivity contribution < 1.29 is 62.8 Å². The summed E-state index contributed by atoms with van der Waals surface area (Å²) in [5.74, 6) is -14.7. The maximum atomic E-state index is 13.2. The van der Waals surface area contributed by atoms with E-state index in [-0.39, 0.29) is 6.08 Å². The van der Waals surface area contributed by atoms with E-state index in [0.29, 0.717) is 0 Å². The fourth-order valence-electron chi connectivity index (χ4n) is 1.27. The van der Waals surface area contributed by atoms with E-state index in [1.807, 2.05) is 0 Å². The summed E-state index contributed by atoms with van der Waals surface area (Å²) in [6, 6.07) is 0. The minimum Gasteiger partial charge on any atom is -0.412 e. The highest BCUT2D eigenvalue weighted by Gasteiger charge is 2.68. The third-order valence-electron chi connectivity index (χ3n) is 2.58. The van der Waals surface area contributed by atoms with Gasteiger partial charge in [-0.3, -0.25) is 9.35 Å². The number of rotatable bonds is 9. The van der Waals surface area contributed by atoms with Crippen LogP contribution in [0.25, 0.3) is 0 Å². The number of hydrogen-bond acceptors (Lipinski definition) is 6. The second-order valence-electron chi connectivity index (χ2n) is 4.40. The Balaban J connectivity index is 5.63. The van der Waals surface area contributed by atoms with Crippen LogP contribution in [-0.2, 0) is 29.2 Å². The number of alkyl halides is 7. The van der Waals surface area contributed by atoms with Crippen molar-refractivity contribution in [1.82, 2.24) is 0 Å². The first-order chi connectivity index (χ1) is 11.4. The van der Waals surface area contributed by atoms with Gasteiger partial charge in [-0.2, -0.15) is 39.2 Å². The molecule has 0 aliphatic heterocycles. The highest BCUT2D eigenvalue weighted by Crippen LogP contribution is 2.42. The molecule has 16 heteroatoms. The highest BCUT2D eigenvalue weighted by molar-refractivity contribution is 7.87. The van der Waals surface area contributed by atoms with Gasteiger partial charge in [0.25, 0.3) is 0 Å². The minimum atomic E-state index is -6.64. The van der Waals surface area contributed by atoms with Gasteiger partial charge in [0.15, 0.2) is 0 Å². The SMILES string of the molecule is C=CC(=O)OC(OCCC(F)(F)C(F)(F)S(=O)(=O)O)(C(N)=O)C(F)(F)F. The molecule has 0 saturated carbocycles. The van der Waals surface area contributed by atoms with Crippen LogP contribution in [0.5, 0.6) is 0 Å². The van der Waals surface area contributed by atoms with Crippen LogP contribution in [-0.4, -0.2) is 54.6 Å². The van der Waals surface area contributed by atoms with Gasteiger partial charge in [-0.25, -0.2) is 4.79 Å². The van der Waals surface area contributed by atoms with E-state index < -0.39 is 58.2 Å². The Morgan fingerprint density at radius 2 is 1.58 bits per heavy atom. The summed E-state index contributed by atoms with van der Waals surface area (Å²) in [5.41, 5.74) is 4.40. The number of halogens is 7. The molecule has 0 aliphatic carbocycles. The number of ether oxygens (including phenoxy) is 2. The number of hydrogen-bond donors (Lipinski definition) is 2. The fraction of sp³-hybridized carbons (Fsp3) is 0.600. The van der Waals surface area contributed by atoms with Crippen molar-refractivity contribution in [3.8, 4) is 0 Å². The summed E-state index contributed by atoms with van der Waals surface area (Å²) < 4.78 is 127. The molecule has 0 saturated heterocycles. The average molecular weight is 421 g/mol. The topological polar surface area (TPSA) is 133 Å². The summed E-state index contributed by atoms with van der Waals surface area (Å²) in [5, 5.41) is -6.09.